The van der Waals surface area contributed by atoms with Gasteiger partial charge in [-0.1, -0.05) is 24.3 Å². The molecule has 0 bridgehead atoms. The largest absolute Gasteiger partial charge is 0.497 e. The number of benzene rings is 2. The predicted molar refractivity (Wildman–Crippen MR) is 97.5 cm³/mol. The lowest BCUT2D eigenvalue weighted by Crippen LogP contribution is -2.22. The van der Waals surface area contributed by atoms with Crippen LogP contribution >= 0.6 is 0 Å². The summed E-state index contributed by atoms with van der Waals surface area (Å²) >= 11 is 0. The average Bonchev–Trinajstić information content (AvgIpc) is 3.17. The van der Waals surface area contributed by atoms with Gasteiger partial charge < -0.3 is 14.5 Å². The molecule has 0 fully saturated rings. The van der Waals surface area contributed by atoms with Crippen molar-refractivity contribution in [3.05, 3.63) is 65.8 Å². The van der Waals surface area contributed by atoms with Crippen molar-refractivity contribution in [2.45, 2.75) is 25.8 Å². The van der Waals surface area contributed by atoms with Gasteiger partial charge in [-0.3, -0.25) is 4.79 Å². The van der Waals surface area contributed by atoms with Gasteiger partial charge in [0, 0.05) is 12.0 Å². The molecule has 7 heteroatoms. The summed E-state index contributed by atoms with van der Waals surface area (Å²) in [6, 6.07) is 13.9. The van der Waals surface area contributed by atoms with Crippen LogP contribution in [0.25, 0.3) is 11.5 Å². The van der Waals surface area contributed by atoms with Gasteiger partial charge in [0.05, 0.1) is 13.7 Å². The first-order valence-electron chi connectivity index (χ1n) is 8.62. The van der Waals surface area contributed by atoms with E-state index in [1.807, 2.05) is 18.2 Å². The lowest BCUT2D eigenvalue weighted by Gasteiger charge is -2.04. The molecule has 0 unspecified atom stereocenters. The molecule has 0 aliphatic heterocycles. The zero-order valence-corrected chi connectivity index (χ0v) is 14.9. The highest BCUT2D eigenvalue weighted by Gasteiger charge is 2.11. The van der Waals surface area contributed by atoms with Crippen LogP contribution in [0.1, 0.15) is 24.3 Å². The van der Waals surface area contributed by atoms with E-state index < -0.39 is 0 Å². The number of methoxy groups -OCH3 is 1. The summed E-state index contributed by atoms with van der Waals surface area (Å²) in [4.78, 5) is 11.9. The van der Waals surface area contributed by atoms with Crippen molar-refractivity contribution in [1.82, 2.24) is 15.5 Å². The van der Waals surface area contributed by atoms with Crippen LogP contribution in [-0.4, -0.2) is 23.2 Å². The normalized spacial score (nSPS) is 10.6. The Morgan fingerprint density at radius 3 is 2.85 bits per heavy atom. The number of aryl methyl sites for hydroxylation is 1. The second-order valence-electron chi connectivity index (χ2n) is 5.95. The Hall–Kier alpha value is -3.22. The molecular weight excluding hydrogens is 349 g/mol. The molecule has 27 heavy (non-hydrogen) atoms. The van der Waals surface area contributed by atoms with E-state index >= 15 is 0 Å². The molecule has 6 nitrogen and oxygen atoms in total. The highest BCUT2D eigenvalue weighted by atomic mass is 19.1. The van der Waals surface area contributed by atoms with Crippen LogP contribution in [0.3, 0.4) is 0 Å². The predicted octanol–water partition coefficient (Wildman–Crippen LogP) is 3.52. The molecule has 0 radical (unpaired) electrons. The smallest absolute Gasteiger partial charge is 0.247 e. The number of rotatable bonds is 8. The maximum atomic E-state index is 13.5. The lowest BCUT2D eigenvalue weighted by molar-refractivity contribution is -0.121. The number of halogens is 1. The Bertz CT molecular complexity index is 911. The molecule has 0 spiro atoms. The number of ether oxygens (including phenoxy) is 1. The van der Waals surface area contributed by atoms with Crippen molar-refractivity contribution in [3.8, 4) is 17.2 Å². The van der Waals surface area contributed by atoms with Crippen LogP contribution in [-0.2, 0) is 17.8 Å². The van der Waals surface area contributed by atoms with Crippen molar-refractivity contribution >= 4 is 5.91 Å². The maximum Gasteiger partial charge on any atom is 0.247 e. The first-order chi connectivity index (χ1) is 13.2. The van der Waals surface area contributed by atoms with Crippen molar-refractivity contribution in [1.29, 1.82) is 0 Å². The Morgan fingerprint density at radius 1 is 1.19 bits per heavy atom. The molecule has 1 aromatic heterocycles. The van der Waals surface area contributed by atoms with Crippen LogP contribution in [0.5, 0.6) is 5.75 Å². The van der Waals surface area contributed by atoms with E-state index in [4.69, 9.17) is 9.15 Å². The summed E-state index contributed by atoms with van der Waals surface area (Å²) in [7, 11) is 1.58. The van der Waals surface area contributed by atoms with Gasteiger partial charge >= 0.3 is 0 Å². The fourth-order valence-corrected chi connectivity index (χ4v) is 2.60. The van der Waals surface area contributed by atoms with Gasteiger partial charge in [0.15, 0.2) is 0 Å². The number of carbonyl (C=O) groups excluding carboxylic acids is 1. The summed E-state index contributed by atoms with van der Waals surface area (Å²) < 4.78 is 24.3. The minimum atomic E-state index is -0.242. The maximum absolute atomic E-state index is 13.5. The Morgan fingerprint density at radius 2 is 2.04 bits per heavy atom. The number of amides is 1. The van der Waals surface area contributed by atoms with E-state index in [0.29, 0.717) is 42.4 Å². The molecule has 3 aromatic rings. The molecule has 0 aliphatic carbocycles. The van der Waals surface area contributed by atoms with Gasteiger partial charge in [0.2, 0.25) is 17.7 Å². The molecule has 1 N–H and O–H groups in total. The number of carbonyl (C=O) groups is 1. The minimum Gasteiger partial charge on any atom is -0.497 e. The summed E-state index contributed by atoms with van der Waals surface area (Å²) in [6.07, 6.45) is 1.37. The fraction of sp³-hybridized carbons (Fsp3) is 0.250. The molecule has 0 aliphatic rings. The monoisotopic (exact) mass is 369 g/mol. The van der Waals surface area contributed by atoms with Crippen LogP contribution in [0.2, 0.25) is 0 Å². The molecule has 0 saturated heterocycles. The van der Waals surface area contributed by atoms with E-state index in [1.54, 1.807) is 31.4 Å². The third-order valence-corrected chi connectivity index (χ3v) is 4.03. The Kier molecular flexibility index (Phi) is 6.14. The molecule has 0 atom stereocenters. The van der Waals surface area contributed by atoms with Gasteiger partial charge in [0.1, 0.15) is 11.6 Å². The highest BCUT2D eigenvalue weighted by Crippen LogP contribution is 2.22. The second-order valence-corrected chi connectivity index (χ2v) is 5.95. The topological polar surface area (TPSA) is 77.3 Å². The van der Waals surface area contributed by atoms with Crippen molar-refractivity contribution < 1.29 is 18.3 Å². The molecule has 140 valence electrons. The number of aromatic nitrogens is 2. The number of nitrogens with zero attached hydrogens (tertiary/aromatic N) is 2. The summed E-state index contributed by atoms with van der Waals surface area (Å²) in [5.74, 6) is 0.977. The average molecular weight is 369 g/mol. The summed E-state index contributed by atoms with van der Waals surface area (Å²) in [5, 5.41) is 10.7. The molecule has 2 aromatic carbocycles. The second kappa shape index (κ2) is 8.93. The third-order valence-electron chi connectivity index (χ3n) is 4.03. The van der Waals surface area contributed by atoms with E-state index in [9.17, 15) is 9.18 Å². The number of hydrogen-bond acceptors (Lipinski definition) is 5. The SMILES string of the molecule is COc1cccc(-c2nnc(CNC(=O)CCCc3ccccc3F)o2)c1. The molecule has 0 saturated carbocycles. The molecule has 3 rings (SSSR count). The van der Waals surface area contributed by atoms with E-state index in [2.05, 4.69) is 15.5 Å². The van der Waals surface area contributed by atoms with Crippen LogP contribution < -0.4 is 10.1 Å². The fourth-order valence-electron chi connectivity index (χ4n) is 2.60. The van der Waals surface area contributed by atoms with E-state index in [0.717, 1.165) is 5.56 Å². The minimum absolute atomic E-state index is 0.146. The first kappa shape index (κ1) is 18.6. The van der Waals surface area contributed by atoms with Crippen molar-refractivity contribution in [2.75, 3.05) is 7.11 Å². The molecule has 1 amide bonds. The van der Waals surface area contributed by atoms with Crippen LogP contribution in [0, 0.1) is 5.82 Å². The van der Waals surface area contributed by atoms with E-state index in [-0.39, 0.29) is 18.3 Å². The van der Waals surface area contributed by atoms with Gasteiger partial charge in [-0.15, -0.1) is 10.2 Å². The Balaban J connectivity index is 1.46. The quantitative estimate of drug-likeness (QED) is 0.657. The standard InChI is InChI=1S/C20H20FN3O3/c1-26-16-9-4-8-15(12-16)20-24-23-19(27-20)13-22-18(25)11-5-7-14-6-2-3-10-17(14)21/h2-4,6,8-10,12H,5,7,11,13H2,1H3,(H,22,25). The van der Waals surface area contributed by atoms with Gasteiger partial charge in [0.25, 0.3) is 0 Å². The van der Waals surface area contributed by atoms with Crippen molar-refractivity contribution in [2.24, 2.45) is 0 Å². The number of hydrogen-bond donors (Lipinski definition) is 1. The highest BCUT2D eigenvalue weighted by molar-refractivity contribution is 5.75. The van der Waals surface area contributed by atoms with E-state index in [1.165, 1.54) is 6.07 Å². The zero-order chi connectivity index (χ0) is 19.1. The molecular formula is C20H20FN3O3. The summed E-state index contributed by atoms with van der Waals surface area (Å²) in [5.41, 5.74) is 1.36. The number of nitrogens with one attached hydrogen (secondary N) is 1. The Labute approximate surface area is 156 Å². The van der Waals surface area contributed by atoms with Gasteiger partial charge in [-0.05, 0) is 42.7 Å². The van der Waals surface area contributed by atoms with Crippen LogP contribution in [0.4, 0.5) is 4.39 Å². The lowest BCUT2D eigenvalue weighted by atomic mass is 10.1. The third kappa shape index (κ3) is 5.13. The first-order valence-corrected chi connectivity index (χ1v) is 8.62. The van der Waals surface area contributed by atoms with Crippen molar-refractivity contribution in [3.63, 3.8) is 0 Å². The zero-order valence-electron chi connectivity index (χ0n) is 14.9. The molecule has 1 heterocycles. The van der Waals surface area contributed by atoms with Gasteiger partial charge in [-0.2, -0.15) is 0 Å². The van der Waals surface area contributed by atoms with Crippen LogP contribution in [0.15, 0.2) is 52.9 Å². The summed E-state index contributed by atoms with van der Waals surface area (Å²) in [6.45, 7) is 0.148. The van der Waals surface area contributed by atoms with Gasteiger partial charge in [-0.25, -0.2) is 4.39 Å².